The number of amides is 1. The van der Waals surface area contributed by atoms with Gasteiger partial charge in [-0.3, -0.25) is 14.9 Å². The van der Waals surface area contributed by atoms with Crippen molar-refractivity contribution >= 4 is 27.5 Å². The third kappa shape index (κ3) is 3.00. The van der Waals surface area contributed by atoms with Crippen molar-refractivity contribution in [3.63, 3.8) is 0 Å². The maximum absolute atomic E-state index is 12.5. The quantitative estimate of drug-likeness (QED) is 0.619. The van der Waals surface area contributed by atoms with E-state index < -0.39 is 4.92 Å². The Bertz CT molecular complexity index is 527. The molecule has 1 aliphatic carbocycles. The minimum absolute atomic E-state index is 0.0710. The van der Waals surface area contributed by atoms with Gasteiger partial charge in [0.05, 0.1) is 9.40 Å². The van der Waals surface area contributed by atoms with Crippen molar-refractivity contribution in [3.05, 3.63) is 38.3 Å². The van der Waals surface area contributed by atoms with E-state index in [1.54, 1.807) is 12.1 Å². The fourth-order valence-corrected chi connectivity index (χ4v) is 3.13. The highest BCUT2D eigenvalue weighted by Gasteiger charge is 2.27. The van der Waals surface area contributed by atoms with Crippen LogP contribution in [0.15, 0.2) is 22.7 Å². The van der Waals surface area contributed by atoms with Crippen LogP contribution in [0.25, 0.3) is 0 Å². The molecule has 1 fully saturated rings. The van der Waals surface area contributed by atoms with Crippen LogP contribution in [0.3, 0.4) is 0 Å². The van der Waals surface area contributed by atoms with E-state index in [4.69, 9.17) is 0 Å². The van der Waals surface area contributed by atoms with E-state index in [0.29, 0.717) is 16.6 Å². The van der Waals surface area contributed by atoms with Crippen molar-refractivity contribution in [3.8, 4) is 0 Å². The van der Waals surface area contributed by atoms with E-state index in [1.165, 1.54) is 6.07 Å². The van der Waals surface area contributed by atoms with Gasteiger partial charge in [0, 0.05) is 24.2 Å². The first-order chi connectivity index (χ1) is 9.54. The molecule has 0 heterocycles. The van der Waals surface area contributed by atoms with Gasteiger partial charge in [-0.25, -0.2) is 0 Å². The lowest BCUT2D eigenvalue weighted by Gasteiger charge is -2.27. The minimum atomic E-state index is -0.479. The maximum atomic E-state index is 12.5. The molecule has 0 aliphatic heterocycles. The normalized spacial score (nSPS) is 15.3. The van der Waals surface area contributed by atoms with Gasteiger partial charge in [0.2, 0.25) is 0 Å². The summed E-state index contributed by atoms with van der Waals surface area (Å²) < 4.78 is 0.392. The fourth-order valence-electron chi connectivity index (χ4n) is 2.73. The zero-order chi connectivity index (χ0) is 14.7. The average molecular weight is 341 g/mol. The molecule has 6 heteroatoms. The van der Waals surface area contributed by atoms with Crippen LogP contribution in [0.5, 0.6) is 0 Å². The first kappa shape index (κ1) is 15.0. The lowest BCUT2D eigenvalue weighted by atomic mass is 10.1. The van der Waals surface area contributed by atoms with Gasteiger partial charge >= 0.3 is 0 Å². The van der Waals surface area contributed by atoms with Crippen LogP contribution in [-0.4, -0.2) is 28.3 Å². The number of nitrogens with zero attached hydrogens (tertiary/aromatic N) is 2. The van der Waals surface area contributed by atoms with Crippen molar-refractivity contribution in [2.24, 2.45) is 0 Å². The van der Waals surface area contributed by atoms with E-state index in [2.05, 4.69) is 15.9 Å². The third-order valence-corrected chi connectivity index (χ3v) is 4.43. The van der Waals surface area contributed by atoms with Crippen LogP contribution in [-0.2, 0) is 0 Å². The number of carbonyl (C=O) groups excluding carboxylic acids is 1. The Labute approximate surface area is 126 Å². The molecule has 20 heavy (non-hydrogen) atoms. The molecule has 0 unspecified atom stereocenters. The Morgan fingerprint density at radius 1 is 1.45 bits per heavy atom. The van der Waals surface area contributed by atoms with Crippen LogP contribution in [0.4, 0.5) is 5.69 Å². The molecule has 0 bridgehead atoms. The molecule has 108 valence electrons. The summed E-state index contributed by atoms with van der Waals surface area (Å²) in [6, 6.07) is 4.82. The standard InChI is InChI=1S/C14H17BrN2O3/c1-2-16(11-5-3-4-6-11)14(18)10-7-8-12(15)13(9-10)17(19)20/h7-9,11H,2-6H2,1H3. The van der Waals surface area contributed by atoms with Crippen molar-refractivity contribution in [2.45, 2.75) is 38.6 Å². The molecule has 1 aromatic carbocycles. The second kappa shape index (κ2) is 6.35. The van der Waals surface area contributed by atoms with Crippen molar-refractivity contribution in [1.82, 2.24) is 4.90 Å². The van der Waals surface area contributed by atoms with Gasteiger partial charge in [0.15, 0.2) is 0 Å². The molecule has 0 saturated heterocycles. The molecule has 1 amide bonds. The topological polar surface area (TPSA) is 63.5 Å². The van der Waals surface area contributed by atoms with E-state index in [-0.39, 0.29) is 17.6 Å². The second-order valence-electron chi connectivity index (χ2n) is 4.95. The SMILES string of the molecule is CCN(C(=O)c1ccc(Br)c([N+](=O)[O-])c1)C1CCCC1. The molecule has 1 aromatic rings. The summed E-state index contributed by atoms with van der Waals surface area (Å²) in [5.41, 5.74) is 0.312. The summed E-state index contributed by atoms with van der Waals surface area (Å²) >= 11 is 3.13. The lowest BCUT2D eigenvalue weighted by molar-refractivity contribution is -0.385. The van der Waals surface area contributed by atoms with E-state index in [1.807, 2.05) is 11.8 Å². The molecule has 2 rings (SSSR count). The zero-order valence-corrected chi connectivity index (χ0v) is 12.9. The van der Waals surface area contributed by atoms with E-state index >= 15 is 0 Å². The summed E-state index contributed by atoms with van der Waals surface area (Å²) in [5.74, 6) is -0.116. The Morgan fingerprint density at radius 2 is 2.10 bits per heavy atom. The molecule has 0 aromatic heterocycles. The summed E-state index contributed by atoms with van der Waals surface area (Å²) in [5, 5.41) is 10.9. The molecule has 1 aliphatic rings. The number of carbonyl (C=O) groups is 1. The van der Waals surface area contributed by atoms with Crippen LogP contribution in [0, 0.1) is 10.1 Å². The number of benzene rings is 1. The van der Waals surface area contributed by atoms with Gasteiger partial charge in [0.25, 0.3) is 11.6 Å². The molecule has 1 saturated carbocycles. The van der Waals surface area contributed by atoms with Crippen LogP contribution in [0.2, 0.25) is 0 Å². The molecular weight excluding hydrogens is 324 g/mol. The average Bonchev–Trinajstić information content (AvgIpc) is 2.93. The summed E-state index contributed by atoms with van der Waals surface area (Å²) in [6.07, 6.45) is 4.35. The number of nitro benzene ring substituents is 1. The van der Waals surface area contributed by atoms with Gasteiger partial charge in [-0.05, 0) is 47.8 Å². The van der Waals surface area contributed by atoms with Crippen molar-refractivity contribution in [2.75, 3.05) is 6.54 Å². The van der Waals surface area contributed by atoms with E-state index in [0.717, 1.165) is 25.7 Å². The maximum Gasteiger partial charge on any atom is 0.284 e. The summed E-state index contributed by atoms with van der Waals surface area (Å²) in [7, 11) is 0. The lowest BCUT2D eigenvalue weighted by Crippen LogP contribution is -2.38. The molecule has 0 spiro atoms. The van der Waals surface area contributed by atoms with Gasteiger partial charge in [-0.2, -0.15) is 0 Å². The Hall–Kier alpha value is -1.43. The molecule has 0 radical (unpaired) electrons. The molecule has 0 N–H and O–H groups in total. The van der Waals surface area contributed by atoms with Gasteiger partial charge in [-0.1, -0.05) is 12.8 Å². The highest BCUT2D eigenvalue weighted by molar-refractivity contribution is 9.10. The monoisotopic (exact) mass is 340 g/mol. The summed E-state index contributed by atoms with van der Waals surface area (Å²) in [6.45, 7) is 2.58. The van der Waals surface area contributed by atoms with E-state index in [9.17, 15) is 14.9 Å². The largest absolute Gasteiger partial charge is 0.336 e. The van der Waals surface area contributed by atoms with Crippen molar-refractivity contribution in [1.29, 1.82) is 0 Å². The highest BCUT2D eigenvalue weighted by atomic mass is 79.9. The van der Waals surface area contributed by atoms with Gasteiger partial charge in [-0.15, -0.1) is 0 Å². The first-order valence-corrected chi connectivity index (χ1v) is 7.58. The molecular formula is C14H17BrN2O3. The van der Waals surface area contributed by atoms with Crippen LogP contribution in [0.1, 0.15) is 43.0 Å². The second-order valence-corrected chi connectivity index (χ2v) is 5.81. The predicted molar refractivity (Wildman–Crippen MR) is 79.8 cm³/mol. The zero-order valence-electron chi connectivity index (χ0n) is 11.3. The third-order valence-electron chi connectivity index (χ3n) is 3.76. The Kier molecular flexibility index (Phi) is 4.75. The number of hydrogen-bond donors (Lipinski definition) is 0. The Balaban J connectivity index is 2.27. The molecule has 5 nitrogen and oxygen atoms in total. The number of rotatable bonds is 4. The van der Waals surface area contributed by atoms with Gasteiger partial charge in [0.1, 0.15) is 0 Å². The summed E-state index contributed by atoms with van der Waals surface area (Å²) in [4.78, 5) is 24.8. The van der Waals surface area contributed by atoms with Crippen LogP contribution >= 0.6 is 15.9 Å². The number of halogens is 1. The number of hydrogen-bond acceptors (Lipinski definition) is 3. The smallest absolute Gasteiger partial charge is 0.284 e. The first-order valence-electron chi connectivity index (χ1n) is 6.79. The molecule has 0 atom stereocenters. The Morgan fingerprint density at radius 3 is 2.65 bits per heavy atom. The minimum Gasteiger partial charge on any atom is -0.336 e. The predicted octanol–water partition coefficient (Wildman–Crippen LogP) is 3.76. The van der Waals surface area contributed by atoms with Crippen molar-refractivity contribution < 1.29 is 9.72 Å². The van der Waals surface area contributed by atoms with Gasteiger partial charge < -0.3 is 4.90 Å². The van der Waals surface area contributed by atoms with Crippen LogP contribution < -0.4 is 0 Å². The number of nitro groups is 1. The highest BCUT2D eigenvalue weighted by Crippen LogP contribution is 2.28. The fraction of sp³-hybridized carbons (Fsp3) is 0.500.